The van der Waals surface area contributed by atoms with Crippen molar-refractivity contribution in [3.8, 4) is 0 Å². The highest BCUT2D eigenvalue weighted by Crippen LogP contribution is 2.19. The van der Waals surface area contributed by atoms with Gasteiger partial charge in [0.05, 0.1) is 12.3 Å². The maximum atomic E-state index is 13.3. The molecule has 180 valence electrons. The number of rotatable bonds is 9. The third-order valence-corrected chi connectivity index (χ3v) is 5.77. The summed E-state index contributed by atoms with van der Waals surface area (Å²) >= 11 is 0. The molecule has 0 bridgehead atoms. The molecule has 33 heavy (non-hydrogen) atoms. The maximum Gasteiger partial charge on any atom is 0.419 e. The van der Waals surface area contributed by atoms with E-state index in [0.29, 0.717) is 31.5 Å². The summed E-state index contributed by atoms with van der Waals surface area (Å²) in [5, 5.41) is 5.25. The number of carbonyl (C=O) groups is 5. The van der Waals surface area contributed by atoms with Crippen molar-refractivity contribution in [2.24, 2.45) is 5.73 Å². The van der Waals surface area contributed by atoms with Crippen molar-refractivity contribution < 1.29 is 28.7 Å². The Balaban J connectivity index is 1.73. The van der Waals surface area contributed by atoms with E-state index in [9.17, 15) is 24.0 Å². The summed E-state index contributed by atoms with van der Waals surface area (Å²) in [5.74, 6) is -1.79. The van der Waals surface area contributed by atoms with Crippen LogP contribution in [-0.4, -0.2) is 75.5 Å². The van der Waals surface area contributed by atoms with Crippen LogP contribution in [0.15, 0.2) is 12.5 Å². The summed E-state index contributed by atoms with van der Waals surface area (Å²) in [7, 11) is 0. The minimum absolute atomic E-state index is 0.0114. The predicted molar refractivity (Wildman–Crippen MR) is 115 cm³/mol. The van der Waals surface area contributed by atoms with E-state index >= 15 is 0 Å². The van der Waals surface area contributed by atoms with Gasteiger partial charge in [-0.2, -0.15) is 0 Å². The van der Waals surface area contributed by atoms with Gasteiger partial charge in [-0.1, -0.05) is 13.3 Å². The van der Waals surface area contributed by atoms with Gasteiger partial charge in [0.25, 0.3) is 0 Å². The molecule has 3 rings (SSSR count). The van der Waals surface area contributed by atoms with E-state index in [2.05, 4.69) is 15.6 Å². The third-order valence-electron chi connectivity index (χ3n) is 5.77. The number of amides is 4. The van der Waals surface area contributed by atoms with E-state index in [1.54, 1.807) is 0 Å². The average molecular weight is 463 g/mol. The van der Waals surface area contributed by atoms with Gasteiger partial charge in [-0.3, -0.25) is 19.2 Å². The number of imidazole rings is 1. The number of hydrogen-bond acceptors (Lipinski definition) is 7. The Labute approximate surface area is 191 Å². The van der Waals surface area contributed by atoms with Crippen LogP contribution < -0.4 is 16.4 Å². The summed E-state index contributed by atoms with van der Waals surface area (Å²) in [6.07, 6.45) is 5.39. The Kier molecular flexibility index (Phi) is 8.01. The predicted octanol–water partition coefficient (Wildman–Crippen LogP) is -0.550. The lowest BCUT2D eigenvalue weighted by molar-refractivity contribution is -0.140. The number of nitrogens with two attached hydrogens (primary N) is 1. The largest absolute Gasteiger partial charge is 0.449 e. The molecule has 2 aliphatic rings. The molecule has 2 fully saturated rings. The van der Waals surface area contributed by atoms with Crippen LogP contribution in [0.25, 0.3) is 0 Å². The number of ether oxygens (including phenoxy) is 1. The molecule has 2 saturated heterocycles. The van der Waals surface area contributed by atoms with Crippen LogP contribution in [0.4, 0.5) is 4.79 Å². The van der Waals surface area contributed by atoms with Crippen LogP contribution in [0, 0.1) is 0 Å². The molecule has 1 aromatic rings. The van der Waals surface area contributed by atoms with Gasteiger partial charge < -0.3 is 26.0 Å². The normalized spacial score (nSPS) is 20.9. The highest BCUT2D eigenvalue weighted by atomic mass is 16.5. The van der Waals surface area contributed by atoms with Crippen LogP contribution in [0.5, 0.6) is 0 Å². The second-order valence-electron chi connectivity index (χ2n) is 8.26. The van der Waals surface area contributed by atoms with Crippen molar-refractivity contribution in [3.05, 3.63) is 18.2 Å². The molecule has 4 N–H and O–H groups in total. The standard InChI is InChI=1S/C21H30N6O6/c1-2-3-9-33-21(32)26-11-13(23-12-26)10-15(25-19(30)14-6-7-17(28)24-14)20(31)27-8-4-5-16(27)18(22)29/h11-12,14-16H,2-10H2,1H3,(H2,22,29)(H,24,28)(H,25,30). The third kappa shape index (κ3) is 6.08. The molecule has 1 aromatic heterocycles. The van der Waals surface area contributed by atoms with E-state index in [0.717, 1.165) is 12.8 Å². The van der Waals surface area contributed by atoms with E-state index in [1.165, 1.54) is 22.0 Å². The van der Waals surface area contributed by atoms with E-state index < -0.39 is 41.9 Å². The first-order valence-corrected chi connectivity index (χ1v) is 11.2. The van der Waals surface area contributed by atoms with E-state index in [1.807, 2.05) is 6.92 Å². The summed E-state index contributed by atoms with van der Waals surface area (Å²) in [6, 6.07) is -2.52. The zero-order valence-electron chi connectivity index (χ0n) is 18.6. The molecule has 0 spiro atoms. The van der Waals surface area contributed by atoms with Crippen LogP contribution in [-0.2, 0) is 30.3 Å². The first-order chi connectivity index (χ1) is 15.8. The van der Waals surface area contributed by atoms with Gasteiger partial charge >= 0.3 is 6.09 Å². The zero-order valence-corrected chi connectivity index (χ0v) is 18.6. The van der Waals surface area contributed by atoms with Gasteiger partial charge in [0, 0.05) is 25.6 Å². The average Bonchev–Trinajstić information content (AvgIpc) is 3.53. The molecule has 0 radical (unpaired) electrons. The number of carbonyl (C=O) groups excluding carboxylic acids is 5. The van der Waals surface area contributed by atoms with Gasteiger partial charge in [-0.05, 0) is 25.7 Å². The lowest BCUT2D eigenvalue weighted by Gasteiger charge is -2.28. The van der Waals surface area contributed by atoms with Gasteiger partial charge in [-0.25, -0.2) is 14.3 Å². The zero-order chi connectivity index (χ0) is 24.0. The van der Waals surface area contributed by atoms with E-state index in [4.69, 9.17) is 10.5 Å². The first-order valence-electron chi connectivity index (χ1n) is 11.2. The Morgan fingerprint density at radius 2 is 2.12 bits per heavy atom. The molecule has 3 atom stereocenters. The number of likely N-dealkylation sites (tertiary alicyclic amines) is 1. The Morgan fingerprint density at radius 3 is 2.79 bits per heavy atom. The smallest absolute Gasteiger partial charge is 0.419 e. The van der Waals surface area contributed by atoms with Gasteiger partial charge in [0.2, 0.25) is 23.6 Å². The Bertz CT molecular complexity index is 915. The number of primary amides is 1. The second-order valence-corrected chi connectivity index (χ2v) is 8.26. The fourth-order valence-corrected chi connectivity index (χ4v) is 3.97. The Morgan fingerprint density at radius 1 is 1.33 bits per heavy atom. The molecule has 0 saturated carbocycles. The summed E-state index contributed by atoms with van der Waals surface area (Å²) < 4.78 is 6.32. The minimum Gasteiger partial charge on any atom is -0.449 e. The lowest BCUT2D eigenvalue weighted by atomic mass is 10.1. The molecule has 0 aromatic carbocycles. The monoisotopic (exact) mass is 462 g/mol. The molecule has 3 unspecified atom stereocenters. The maximum absolute atomic E-state index is 13.3. The number of unbranched alkanes of at least 4 members (excludes halogenated alkanes) is 1. The highest BCUT2D eigenvalue weighted by molar-refractivity contribution is 5.95. The molecule has 0 aliphatic carbocycles. The Hall–Kier alpha value is -3.44. The van der Waals surface area contributed by atoms with Crippen LogP contribution in [0.1, 0.15) is 51.1 Å². The fourth-order valence-electron chi connectivity index (χ4n) is 3.97. The number of aromatic nitrogens is 2. The van der Waals surface area contributed by atoms with Crippen molar-refractivity contribution in [3.63, 3.8) is 0 Å². The number of nitrogens with one attached hydrogen (secondary N) is 2. The topological polar surface area (TPSA) is 166 Å². The van der Waals surface area contributed by atoms with Gasteiger partial charge in [0.15, 0.2) is 0 Å². The van der Waals surface area contributed by atoms with Gasteiger partial charge in [0.1, 0.15) is 24.5 Å². The first kappa shape index (κ1) is 24.2. The highest BCUT2D eigenvalue weighted by Gasteiger charge is 2.38. The molecular formula is C21H30N6O6. The second kappa shape index (κ2) is 10.9. The molecule has 4 amide bonds. The van der Waals surface area contributed by atoms with Gasteiger partial charge in [-0.15, -0.1) is 0 Å². The van der Waals surface area contributed by atoms with Crippen molar-refractivity contribution >= 4 is 29.7 Å². The van der Waals surface area contributed by atoms with Crippen molar-refractivity contribution in [2.45, 2.75) is 70.0 Å². The summed E-state index contributed by atoms with van der Waals surface area (Å²) in [6.45, 7) is 2.61. The molecule has 12 heteroatoms. The fraction of sp³-hybridized carbons (Fsp3) is 0.619. The quantitative estimate of drug-likeness (QED) is 0.414. The summed E-state index contributed by atoms with van der Waals surface area (Å²) in [5.41, 5.74) is 5.83. The molecule has 12 nitrogen and oxygen atoms in total. The van der Waals surface area contributed by atoms with Crippen molar-refractivity contribution in [2.75, 3.05) is 13.2 Å². The van der Waals surface area contributed by atoms with Crippen LogP contribution in [0.2, 0.25) is 0 Å². The SMILES string of the molecule is CCCCOC(=O)n1cnc(CC(NC(=O)C2CCC(=O)N2)C(=O)N2CCCC2C(N)=O)c1. The van der Waals surface area contributed by atoms with E-state index in [-0.39, 0.29) is 25.4 Å². The molecule has 2 aliphatic heterocycles. The van der Waals surface area contributed by atoms with Crippen LogP contribution in [0.3, 0.4) is 0 Å². The van der Waals surface area contributed by atoms with Crippen molar-refractivity contribution in [1.29, 1.82) is 0 Å². The molecular weight excluding hydrogens is 432 g/mol. The minimum atomic E-state index is -1.05. The van der Waals surface area contributed by atoms with Crippen LogP contribution >= 0.6 is 0 Å². The number of hydrogen-bond donors (Lipinski definition) is 3. The molecule has 3 heterocycles. The number of nitrogens with zero attached hydrogens (tertiary/aromatic N) is 3. The summed E-state index contributed by atoms with van der Waals surface area (Å²) in [4.78, 5) is 66.9. The van der Waals surface area contributed by atoms with Crippen molar-refractivity contribution in [1.82, 2.24) is 25.1 Å². The lowest BCUT2D eigenvalue weighted by Crippen LogP contribution is -2.56.